The van der Waals surface area contributed by atoms with Gasteiger partial charge in [0.1, 0.15) is 0 Å². The molecule has 0 saturated heterocycles. The van der Waals surface area contributed by atoms with Crippen LogP contribution in [0, 0.1) is 5.41 Å². The summed E-state index contributed by atoms with van der Waals surface area (Å²) in [6.45, 7) is 12.0. The van der Waals surface area contributed by atoms with E-state index in [2.05, 4.69) is 52.8 Å². The first kappa shape index (κ1) is 14.5. The van der Waals surface area contributed by atoms with Crippen LogP contribution in [0.25, 0.3) is 0 Å². The first-order chi connectivity index (χ1) is 6.83. The molecule has 0 aromatic heterocycles. The number of nitrogens with zero attached hydrogens (tertiary/aromatic N) is 1. The number of hydrogen-bond donors (Lipinski definition) is 1. The van der Waals surface area contributed by atoms with Crippen molar-refractivity contribution in [1.82, 2.24) is 4.90 Å². The zero-order valence-corrected chi connectivity index (χ0v) is 11.3. The standard InChI is InChI=1S/C13H28N2/c1-7-11(3)9-15(6)10-13(4,5)12(14)8-2/h9,12H,7-8,10,14H2,1-6H3/b11-9-/t12-/m1/s1. The Morgan fingerprint density at radius 2 is 1.93 bits per heavy atom. The predicted octanol–water partition coefficient (Wildman–Crippen LogP) is 3.00. The summed E-state index contributed by atoms with van der Waals surface area (Å²) in [7, 11) is 2.13. The molecular formula is C13H28N2. The minimum Gasteiger partial charge on any atom is -0.380 e. The Morgan fingerprint density at radius 1 is 1.40 bits per heavy atom. The first-order valence-corrected chi connectivity index (χ1v) is 5.96. The van der Waals surface area contributed by atoms with Crippen LogP contribution in [0.5, 0.6) is 0 Å². The normalized spacial score (nSPS) is 15.3. The summed E-state index contributed by atoms with van der Waals surface area (Å²) >= 11 is 0. The smallest absolute Gasteiger partial charge is 0.0235 e. The van der Waals surface area contributed by atoms with Gasteiger partial charge in [-0.05, 0) is 31.4 Å². The van der Waals surface area contributed by atoms with Crippen LogP contribution in [0.3, 0.4) is 0 Å². The van der Waals surface area contributed by atoms with Gasteiger partial charge in [0.15, 0.2) is 0 Å². The van der Waals surface area contributed by atoms with Crippen molar-refractivity contribution in [2.24, 2.45) is 11.1 Å². The molecule has 15 heavy (non-hydrogen) atoms. The van der Waals surface area contributed by atoms with Gasteiger partial charge in [0.2, 0.25) is 0 Å². The monoisotopic (exact) mass is 212 g/mol. The largest absolute Gasteiger partial charge is 0.380 e. The van der Waals surface area contributed by atoms with Gasteiger partial charge < -0.3 is 10.6 Å². The summed E-state index contributed by atoms with van der Waals surface area (Å²) < 4.78 is 0. The van der Waals surface area contributed by atoms with E-state index < -0.39 is 0 Å². The second-order valence-corrected chi connectivity index (χ2v) is 5.25. The van der Waals surface area contributed by atoms with Crippen molar-refractivity contribution in [3.8, 4) is 0 Å². The molecule has 0 aliphatic rings. The molecule has 1 atom stereocenters. The van der Waals surface area contributed by atoms with Gasteiger partial charge in [0.05, 0.1) is 0 Å². The van der Waals surface area contributed by atoms with Gasteiger partial charge in [0.25, 0.3) is 0 Å². The summed E-state index contributed by atoms with van der Waals surface area (Å²) in [5.41, 5.74) is 7.70. The van der Waals surface area contributed by atoms with E-state index in [9.17, 15) is 0 Å². The molecule has 2 heteroatoms. The van der Waals surface area contributed by atoms with Crippen molar-refractivity contribution in [2.75, 3.05) is 13.6 Å². The highest BCUT2D eigenvalue weighted by atomic mass is 15.1. The fourth-order valence-electron chi connectivity index (χ4n) is 1.83. The number of nitrogens with two attached hydrogens (primary N) is 1. The van der Waals surface area contributed by atoms with Crippen LogP contribution in [-0.4, -0.2) is 24.5 Å². The lowest BCUT2D eigenvalue weighted by atomic mass is 9.83. The predicted molar refractivity (Wildman–Crippen MR) is 68.7 cm³/mol. The highest BCUT2D eigenvalue weighted by Gasteiger charge is 2.25. The third kappa shape index (κ3) is 5.22. The Hall–Kier alpha value is -0.500. The van der Waals surface area contributed by atoms with E-state index >= 15 is 0 Å². The Morgan fingerprint density at radius 3 is 2.33 bits per heavy atom. The van der Waals surface area contributed by atoms with Crippen LogP contribution in [-0.2, 0) is 0 Å². The SMILES string of the molecule is CC/C(C)=C\N(C)CC(C)(C)[C@H](N)CC. The third-order valence-electron chi connectivity index (χ3n) is 3.10. The van der Waals surface area contributed by atoms with Gasteiger partial charge in [0, 0.05) is 19.6 Å². The second-order valence-electron chi connectivity index (χ2n) is 5.25. The molecule has 0 aromatic carbocycles. The van der Waals surface area contributed by atoms with Gasteiger partial charge in [-0.2, -0.15) is 0 Å². The van der Waals surface area contributed by atoms with E-state index in [1.165, 1.54) is 5.57 Å². The Kier molecular flexibility index (Phi) is 5.96. The zero-order valence-electron chi connectivity index (χ0n) is 11.3. The van der Waals surface area contributed by atoms with E-state index in [1.807, 2.05) is 0 Å². The molecule has 0 bridgehead atoms. The molecule has 2 N–H and O–H groups in total. The maximum absolute atomic E-state index is 6.11. The van der Waals surface area contributed by atoms with E-state index in [4.69, 9.17) is 5.73 Å². The average molecular weight is 212 g/mol. The van der Waals surface area contributed by atoms with E-state index in [-0.39, 0.29) is 11.5 Å². The number of rotatable bonds is 6. The van der Waals surface area contributed by atoms with Gasteiger partial charge in [-0.15, -0.1) is 0 Å². The Bertz CT molecular complexity index is 207. The van der Waals surface area contributed by atoms with Crippen molar-refractivity contribution in [1.29, 1.82) is 0 Å². The molecular weight excluding hydrogens is 184 g/mol. The van der Waals surface area contributed by atoms with Crippen molar-refractivity contribution in [2.45, 2.75) is 53.5 Å². The van der Waals surface area contributed by atoms with Crippen LogP contribution in [0.2, 0.25) is 0 Å². The minimum atomic E-state index is 0.175. The topological polar surface area (TPSA) is 29.3 Å². The highest BCUT2D eigenvalue weighted by molar-refractivity contribution is 4.97. The molecule has 0 rings (SSSR count). The lowest BCUT2D eigenvalue weighted by Gasteiger charge is -2.34. The maximum atomic E-state index is 6.11. The van der Waals surface area contributed by atoms with Crippen LogP contribution in [0.15, 0.2) is 11.8 Å². The zero-order chi connectivity index (χ0) is 12.1. The Balaban J connectivity index is 4.33. The fourth-order valence-corrected chi connectivity index (χ4v) is 1.83. The molecule has 0 saturated carbocycles. The first-order valence-electron chi connectivity index (χ1n) is 5.96. The lowest BCUT2D eigenvalue weighted by Crippen LogP contribution is -2.43. The highest BCUT2D eigenvalue weighted by Crippen LogP contribution is 2.22. The maximum Gasteiger partial charge on any atom is 0.0235 e. The van der Waals surface area contributed by atoms with Gasteiger partial charge in [-0.1, -0.05) is 33.3 Å². The Labute approximate surface area is 95.5 Å². The third-order valence-corrected chi connectivity index (χ3v) is 3.10. The molecule has 0 amide bonds. The quantitative estimate of drug-likeness (QED) is 0.733. The van der Waals surface area contributed by atoms with Crippen molar-refractivity contribution in [3.05, 3.63) is 11.8 Å². The molecule has 0 heterocycles. The number of allylic oxidation sites excluding steroid dienone is 1. The van der Waals surface area contributed by atoms with Crippen LogP contribution < -0.4 is 5.73 Å². The van der Waals surface area contributed by atoms with Crippen LogP contribution in [0.1, 0.15) is 47.5 Å². The molecule has 90 valence electrons. The molecule has 2 nitrogen and oxygen atoms in total. The molecule has 0 radical (unpaired) electrons. The summed E-state index contributed by atoms with van der Waals surface area (Å²) in [5, 5.41) is 0. The molecule has 0 aliphatic heterocycles. The minimum absolute atomic E-state index is 0.175. The van der Waals surface area contributed by atoms with Crippen LogP contribution >= 0.6 is 0 Å². The van der Waals surface area contributed by atoms with E-state index in [0.29, 0.717) is 0 Å². The molecule has 0 spiro atoms. The molecule has 0 aromatic rings. The molecule has 0 fully saturated rings. The van der Waals surface area contributed by atoms with Crippen molar-refractivity contribution < 1.29 is 0 Å². The number of hydrogen-bond acceptors (Lipinski definition) is 2. The van der Waals surface area contributed by atoms with Gasteiger partial charge in [-0.25, -0.2) is 0 Å². The summed E-state index contributed by atoms with van der Waals surface area (Å²) in [6, 6.07) is 0.273. The van der Waals surface area contributed by atoms with E-state index in [1.54, 1.807) is 0 Å². The lowest BCUT2D eigenvalue weighted by molar-refractivity contribution is 0.208. The van der Waals surface area contributed by atoms with Gasteiger partial charge >= 0.3 is 0 Å². The molecule has 0 aliphatic carbocycles. The van der Waals surface area contributed by atoms with Crippen molar-refractivity contribution in [3.63, 3.8) is 0 Å². The summed E-state index contributed by atoms with van der Waals surface area (Å²) in [6.07, 6.45) is 4.38. The van der Waals surface area contributed by atoms with Crippen molar-refractivity contribution >= 4 is 0 Å². The van der Waals surface area contributed by atoms with Gasteiger partial charge in [-0.3, -0.25) is 0 Å². The van der Waals surface area contributed by atoms with Crippen LogP contribution in [0.4, 0.5) is 0 Å². The molecule has 0 unspecified atom stereocenters. The summed E-state index contributed by atoms with van der Waals surface area (Å²) in [4.78, 5) is 2.26. The second kappa shape index (κ2) is 6.16. The average Bonchev–Trinajstić information content (AvgIpc) is 2.15. The summed E-state index contributed by atoms with van der Waals surface area (Å²) in [5.74, 6) is 0. The fraction of sp³-hybridized carbons (Fsp3) is 0.846. The van der Waals surface area contributed by atoms with E-state index in [0.717, 1.165) is 19.4 Å².